The molecule has 1 aromatic carbocycles. The van der Waals surface area contributed by atoms with Gasteiger partial charge in [0, 0.05) is 45.3 Å². The SMILES string of the molecule is CC(C(=O)CC1COC1)c1ccc(OC2CCN(c3nc(N(C)C)ncc3F)C2)cc1. The topological polar surface area (TPSA) is 67.8 Å². The van der Waals surface area contributed by atoms with E-state index in [4.69, 9.17) is 9.47 Å². The number of anilines is 2. The van der Waals surface area contributed by atoms with E-state index < -0.39 is 5.82 Å². The van der Waals surface area contributed by atoms with E-state index in [1.807, 2.05) is 50.2 Å². The fraction of sp³-hybridized carbons (Fsp3) is 0.522. The largest absolute Gasteiger partial charge is 0.489 e. The zero-order valence-electron chi connectivity index (χ0n) is 18.3. The van der Waals surface area contributed by atoms with Crippen LogP contribution in [0.1, 0.15) is 31.2 Å². The fourth-order valence-electron chi connectivity index (χ4n) is 3.88. The Labute approximate surface area is 182 Å². The molecular weight excluding hydrogens is 399 g/mol. The number of halogens is 1. The van der Waals surface area contributed by atoms with Crippen LogP contribution in [0.5, 0.6) is 5.75 Å². The second-order valence-electron chi connectivity index (χ2n) is 8.58. The van der Waals surface area contributed by atoms with Gasteiger partial charge in [0.1, 0.15) is 17.6 Å². The molecule has 166 valence electrons. The number of aromatic nitrogens is 2. The van der Waals surface area contributed by atoms with Gasteiger partial charge in [-0.25, -0.2) is 9.37 Å². The van der Waals surface area contributed by atoms with E-state index in [0.717, 1.165) is 17.7 Å². The minimum atomic E-state index is -0.428. The van der Waals surface area contributed by atoms with E-state index in [9.17, 15) is 9.18 Å². The van der Waals surface area contributed by atoms with Gasteiger partial charge in [-0.1, -0.05) is 19.1 Å². The summed E-state index contributed by atoms with van der Waals surface area (Å²) in [6.45, 7) is 4.56. The number of hydrogen-bond donors (Lipinski definition) is 0. The van der Waals surface area contributed by atoms with E-state index in [2.05, 4.69) is 9.97 Å². The Bertz CT molecular complexity index is 918. The molecule has 3 heterocycles. The van der Waals surface area contributed by atoms with Crippen molar-refractivity contribution in [3.63, 3.8) is 0 Å². The second kappa shape index (κ2) is 9.18. The molecule has 2 fully saturated rings. The van der Waals surface area contributed by atoms with E-state index in [1.54, 1.807) is 4.90 Å². The third kappa shape index (κ3) is 4.95. The lowest BCUT2D eigenvalue weighted by Crippen LogP contribution is -2.30. The maximum Gasteiger partial charge on any atom is 0.226 e. The molecule has 2 saturated heterocycles. The minimum Gasteiger partial charge on any atom is -0.489 e. The average molecular weight is 429 g/mol. The first-order valence-corrected chi connectivity index (χ1v) is 10.7. The lowest BCUT2D eigenvalue weighted by atomic mass is 9.90. The first-order valence-electron chi connectivity index (χ1n) is 10.7. The summed E-state index contributed by atoms with van der Waals surface area (Å²) in [6.07, 6.45) is 2.51. The highest BCUT2D eigenvalue weighted by Gasteiger charge is 2.28. The van der Waals surface area contributed by atoms with Crippen molar-refractivity contribution in [2.24, 2.45) is 5.92 Å². The van der Waals surface area contributed by atoms with Gasteiger partial charge in [-0.15, -0.1) is 0 Å². The number of carbonyl (C=O) groups excluding carboxylic acids is 1. The van der Waals surface area contributed by atoms with Crippen LogP contribution in [0, 0.1) is 11.7 Å². The predicted molar refractivity (Wildman–Crippen MR) is 116 cm³/mol. The number of ketones is 1. The number of rotatable bonds is 8. The monoisotopic (exact) mass is 428 g/mol. The fourth-order valence-corrected chi connectivity index (χ4v) is 3.88. The number of hydrogen-bond acceptors (Lipinski definition) is 7. The average Bonchev–Trinajstić information content (AvgIpc) is 3.19. The molecule has 7 nitrogen and oxygen atoms in total. The molecule has 0 radical (unpaired) electrons. The Morgan fingerprint density at radius 2 is 2.06 bits per heavy atom. The van der Waals surface area contributed by atoms with Crippen LogP contribution in [0.2, 0.25) is 0 Å². The summed E-state index contributed by atoms with van der Waals surface area (Å²) in [7, 11) is 3.65. The molecule has 8 heteroatoms. The molecule has 1 aromatic heterocycles. The van der Waals surface area contributed by atoms with Crippen LogP contribution in [0.25, 0.3) is 0 Å². The molecular formula is C23H29FN4O3. The van der Waals surface area contributed by atoms with Crippen molar-refractivity contribution in [1.82, 2.24) is 9.97 Å². The third-order valence-electron chi connectivity index (χ3n) is 5.92. The highest BCUT2D eigenvalue weighted by atomic mass is 19.1. The molecule has 2 unspecified atom stereocenters. The number of ether oxygens (including phenoxy) is 2. The lowest BCUT2D eigenvalue weighted by molar-refractivity contribution is -0.125. The van der Waals surface area contributed by atoms with Gasteiger partial charge >= 0.3 is 0 Å². The number of carbonyl (C=O) groups is 1. The Balaban J connectivity index is 1.34. The van der Waals surface area contributed by atoms with E-state index in [0.29, 0.717) is 50.4 Å². The first kappa shape index (κ1) is 21.5. The third-order valence-corrected chi connectivity index (χ3v) is 5.92. The highest BCUT2D eigenvalue weighted by Crippen LogP contribution is 2.28. The minimum absolute atomic E-state index is 0.0549. The van der Waals surface area contributed by atoms with E-state index in [1.165, 1.54) is 6.20 Å². The Morgan fingerprint density at radius 3 is 2.71 bits per heavy atom. The molecule has 2 aliphatic rings. The van der Waals surface area contributed by atoms with Crippen LogP contribution in [0.15, 0.2) is 30.5 Å². The second-order valence-corrected chi connectivity index (χ2v) is 8.58. The van der Waals surface area contributed by atoms with Crippen molar-refractivity contribution in [1.29, 1.82) is 0 Å². The smallest absolute Gasteiger partial charge is 0.226 e. The lowest BCUT2D eigenvalue weighted by Gasteiger charge is -2.26. The molecule has 0 spiro atoms. The Hall–Kier alpha value is -2.74. The summed E-state index contributed by atoms with van der Waals surface area (Å²) >= 11 is 0. The van der Waals surface area contributed by atoms with Crippen molar-refractivity contribution in [3.05, 3.63) is 41.8 Å². The molecule has 31 heavy (non-hydrogen) atoms. The van der Waals surface area contributed by atoms with Crippen molar-refractivity contribution in [3.8, 4) is 5.75 Å². The zero-order valence-corrected chi connectivity index (χ0v) is 18.3. The molecule has 0 bridgehead atoms. The molecule has 0 aliphatic carbocycles. The summed E-state index contributed by atoms with van der Waals surface area (Å²) < 4.78 is 25.5. The van der Waals surface area contributed by atoms with Gasteiger partial charge in [0.05, 0.1) is 26.0 Å². The van der Waals surface area contributed by atoms with Crippen LogP contribution in [-0.4, -0.2) is 62.3 Å². The molecule has 2 aromatic rings. The van der Waals surface area contributed by atoms with Crippen molar-refractivity contribution >= 4 is 17.5 Å². The van der Waals surface area contributed by atoms with Gasteiger partial charge in [-0.3, -0.25) is 4.79 Å². The first-order chi connectivity index (χ1) is 14.9. The predicted octanol–water partition coefficient (Wildman–Crippen LogP) is 3.05. The van der Waals surface area contributed by atoms with Gasteiger partial charge in [0.2, 0.25) is 5.95 Å². The van der Waals surface area contributed by atoms with Crippen LogP contribution in [0.4, 0.5) is 16.2 Å². The maximum absolute atomic E-state index is 14.3. The quantitative estimate of drug-likeness (QED) is 0.640. The van der Waals surface area contributed by atoms with Gasteiger partial charge < -0.3 is 19.3 Å². The summed E-state index contributed by atoms with van der Waals surface area (Å²) in [5.41, 5.74) is 0.991. The van der Waals surface area contributed by atoms with Gasteiger partial charge in [-0.2, -0.15) is 4.98 Å². The summed E-state index contributed by atoms with van der Waals surface area (Å²) in [5, 5.41) is 0. The summed E-state index contributed by atoms with van der Waals surface area (Å²) in [6, 6.07) is 7.72. The van der Waals surface area contributed by atoms with Crippen LogP contribution in [0.3, 0.4) is 0 Å². The van der Waals surface area contributed by atoms with Crippen molar-refractivity contribution in [2.75, 3.05) is 50.2 Å². The zero-order chi connectivity index (χ0) is 22.0. The van der Waals surface area contributed by atoms with Crippen LogP contribution in [-0.2, 0) is 9.53 Å². The Morgan fingerprint density at radius 1 is 1.32 bits per heavy atom. The van der Waals surface area contributed by atoms with Crippen molar-refractivity contribution < 1.29 is 18.7 Å². The summed E-state index contributed by atoms with van der Waals surface area (Å²) in [5.74, 6) is 1.59. The van der Waals surface area contributed by atoms with Gasteiger partial charge in [-0.05, 0) is 17.7 Å². The molecule has 0 saturated carbocycles. The van der Waals surface area contributed by atoms with Crippen LogP contribution >= 0.6 is 0 Å². The highest BCUT2D eigenvalue weighted by molar-refractivity contribution is 5.85. The maximum atomic E-state index is 14.3. The van der Waals surface area contributed by atoms with Crippen LogP contribution < -0.4 is 14.5 Å². The number of nitrogens with zero attached hydrogens (tertiary/aromatic N) is 4. The van der Waals surface area contributed by atoms with Gasteiger partial charge in [0.25, 0.3) is 0 Å². The number of Topliss-reactive ketones (excluding diaryl/α,β-unsaturated/α-hetero) is 1. The molecule has 2 atom stereocenters. The van der Waals surface area contributed by atoms with Crippen molar-refractivity contribution in [2.45, 2.75) is 31.8 Å². The molecule has 0 N–H and O–H groups in total. The number of benzene rings is 1. The molecule has 4 rings (SSSR count). The van der Waals surface area contributed by atoms with Gasteiger partial charge in [0.15, 0.2) is 11.6 Å². The molecule has 2 aliphatic heterocycles. The van der Waals surface area contributed by atoms with E-state index >= 15 is 0 Å². The summed E-state index contributed by atoms with van der Waals surface area (Å²) in [4.78, 5) is 24.4. The standard InChI is InChI=1S/C23H29FN4O3/c1-15(21(29)10-16-13-30-14-16)17-4-6-18(7-5-17)31-19-8-9-28(12-19)22-20(24)11-25-23(26-22)27(2)3/h4-7,11,15-16,19H,8-10,12-14H2,1-3H3. The molecule has 0 amide bonds. The Kier molecular flexibility index (Phi) is 6.36. The normalized spacial score (nSPS) is 19.7. The van der Waals surface area contributed by atoms with E-state index in [-0.39, 0.29) is 17.8 Å².